The second-order valence-corrected chi connectivity index (χ2v) is 7.60. The number of benzene rings is 4. The first-order chi connectivity index (χ1) is 17.2. The lowest BCUT2D eigenvalue weighted by molar-refractivity contribution is 0.102. The van der Waals surface area contributed by atoms with Crippen molar-refractivity contribution in [2.24, 2.45) is 10.2 Å². The summed E-state index contributed by atoms with van der Waals surface area (Å²) in [5.41, 5.74) is 1.69. The van der Waals surface area contributed by atoms with Crippen molar-refractivity contribution < 1.29 is 9.90 Å². The molecule has 0 aliphatic carbocycles. The number of nitriles is 1. The van der Waals surface area contributed by atoms with Gasteiger partial charge in [-0.3, -0.25) is 4.79 Å². The number of amides is 1. The molecule has 1 heterocycles. The molecule has 2 N–H and O–H groups in total. The van der Waals surface area contributed by atoms with Crippen molar-refractivity contribution in [1.82, 2.24) is 9.78 Å². The number of carbonyl (C=O) groups is 1. The summed E-state index contributed by atoms with van der Waals surface area (Å²) in [6.07, 6.45) is 1.41. The van der Waals surface area contributed by atoms with E-state index >= 15 is 0 Å². The minimum Gasteiger partial charge on any atom is -0.505 e. The van der Waals surface area contributed by atoms with Crippen LogP contribution in [0.15, 0.2) is 107 Å². The highest BCUT2D eigenvalue weighted by Gasteiger charge is 2.19. The molecule has 1 amide bonds. The summed E-state index contributed by atoms with van der Waals surface area (Å²) in [6, 6.07) is 29.1. The van der Waals surface area contributed by atoms with Gasteiger partial charge >= 0.3 is 0 Å². The number of para-hydroxylation sites is 2. The van der Waals surface area contributed by atoms with Gasteiger partial charge in [0.25, 0.3) is 5.91 Å². The second-order valence-electron chi connectivity index (χ2n) is 7.60. The van der Waals surface area contributed by atoms with E-state index < -0.39 is 5.91 Å². The van der Waals surface area contributed by atoms with Gasteiger partial charge in [-0.25, -0.2) is 4.68 Å². The maximum Gasteiger partial charge on any atom is 0.259 e. The summed E-state index contributed by atoms with van der Waals surface area (Å²) < 4.78 is 1.49. The number of nitrogens with one attached hydrogen (secondary N) is 1. The molecule has 0 aliphatic heterocycles. The summed E-state index contributed by atoms with van der Waals surface area (Å²) in [5.74, 6) is -0.588. The van der Waals surface area contributed by atoms with E-state index in [2.05, 4.69) is 26.7 Å². The van der Waals surface area contributed by atoms with Crippen LogP contribution in [0.25, 0.3) is 16.5 Å². The molecule has 0 saturated heterocycles. The molecular formula is C27H18N6O2. The molecule has 0 aliphatic rings. The number of hydrogen-bond acceptors (Lipinski definition) is 6. The molecule has 0 radical (unpaired) electrons. The summed E-state index contributed by atoms with van der Waals surface area (Å²) in [5, 5.41) is 37.6. The molecule has 35 heavy (non-hydrogen) atoms. The van der Waals surface area contributed by atoms with Crippen molar-refractivity contribution >= 4 is 33.9 Å². The Kier molecular flexibility index (Phi) is 5.72. The molecule has 0 atom stereocenters. The van der Waals surface area contributed by atoms with Gasteiger partial charge in [0, 0.05) is 11.1 Å². The van der Waals surface area contributed by atoms with Crippen molar-refractivity contribution in [3.8, 4) is 17.5 Å². The Bertz CT molecular complexity index is 1600. The zero-order valence-electron chi connectivity index (χ0n) is 18.3. The minimum absolute atomic E-state index is 0.0542. The van der Waals surface area contributed by atoms with Crippen LogP contribution in [-0.4, -0.2) is 20.8 Å². The number of aromatic nitrogens is 2. The number of rotatable bonds is 5. The standard InChI is InChI=1S/C27H18N6O2/c28-16-19-17-29-33(21-12-5-2-6-13-21)26(19)32-31-24-22-14-8-7-9-18(22)15-23(25(24)34)27(35)30-20-10-3-1-4-11-20/h1-15,17,34H,(H,30,35)/b32-31+. The molecular weight excluding hydrogens is 440 g/mol. The maximum absolute atomic E-state index is 13.0. The number of hydrogen-bond donors (Lipinski definition) is 2. The highest BCUT2D eigenvalue weighted by atomic mass is 16.3. The first-order valence-electron chi connectivity index (χ1n) is 10.7. The van der Waals surface area contributed by atoms with E-state index in [1.165, 1.54) is 10.9 Å². The van der Waals surface area contributed by atoms with Crippen LogP contribution in [0.4, 0.5) is 17.2 Å². The molecule has 0 bridgehead atoms. The number of nitrogens with zero attached hydrogens (tertiary/aromatic N) is 5. The van der Waals surface area contributed by atoms with Gasteiger partial charge in [-0.15, -0.1) is 10.2 Å². The normalized spacial score (nSPS) is 10.9. The Morgan fingerprint density at radius 2 is 1.63 bits per heavy atom. The van der Waals surface area contributed by atoms with Gasteiger partial charge in [0.1, 0.15) is 17.3 Å². The quantitative estimate of drug-likeness (QED) is 0.302. The molecule has 1 aromatic heterocycles. The summed E-state index contributed by atoms with van der Waals surface area (Å²) in [6.45, 7) is 0. The van der Waals surface area contributed by atoms with E-state index in [0.29, 0.717) is 22.1 Å². The minimum atomic E-state index is -0.483. The third kappa shape index (κ3) is 4.21. The summed E-state index contributed by atoms with van der Waals surface area (Å²) >= 11 is 0. The predicted molar refractivity (Wildman–Crippen MR) is 132 cm³/mol. The first kappa shape index (κ1) is 21.6. The van der Waals surface area contributed by atoms with E-state index in [9.17, 15) is 15.2 Å². The fourth-order valence-electron chi connectivity index (χ4n) is 3.68. The Hall–Kier alpha value is -5.29. The van der Waals surface area contributed by atoms with Crippen LogP contribution in [0.3, 0.4) is 0 Å². The van der Waals surface area contributed by atoms with Gasteiger partial charge in [0.2, 0.25) is 0 Å². The van der Waals surface area contributed by atoms with Crippen LogP contribution in [-0.2, 0) is 0 Å². The highest BCUT2D eigenvalue weighted by Crippen LogP contribution is 2.40. The predicted octanol–water partition coefficient (Wildman–Crippen LogP) is 6.27. The Labute approximate surface area is 200 Å². The number of azo groups is 1. The summed E-state index contributed by atoms with van der Waals surface area (Å²) in [7, 11) is 0. The largest absolute Gasteiger partial charge is 0.505 e. The average Bonchev–Trinajstić information content (AvgIpc) is 3.32. The van der Waals surface area contributed by atoms with Gasteiger partial charge in [-0.2, -0.15) is 10.4 Å². The number of anilines is 1. The maximum atomic E-state index is 13.0. The van der Waals surface area contributed by atoms with Gasteiger partial charge in [0.15, 0.2) is 11.6 Å². The fourth-order valence-corrected chi connectivity index (χ4v) is 3.68. The molecule has 0 fully saturated rings. The monoisotopic (exact) mass is 458 g/mol. The lowest BCUT2D eigenvalue weighted by atomic mass is 10.0. The SMILES string of the molecule is N#Cc1cnn(-c2ccccc2)c1/N=N/c1c(O)c(C(=O)Nc2ccccc2)cc2ccccc12. The van der Waals surface area contributed by atoms with Crippen molar-refractivity contribution in [3.05, 3.63) is 108 Å². The van der Waals surface area contributed by atoms with Crippen LogP contribution in [0.1, 0.15) is 15.9 Å². The van der Waals surface area contributed by atoms with Gasteiger partial charge in [-0.05, 0) is 35.7 Å². The lowest BCUT2D eigenvalue weighted by Crippen LogP contribution is -2.12. The van der Waals surface area contributed by atoms with Gasteiger partial charge in [-0.1, -0.05) is 60.7 Å². The molecule has 8 nitrogen and oxygen atoms in total. The van der Waals surface area contributed by atoms with E-state index in [-0.39, 0.29) is 28.4 Å². The van der Waals surface area contributed by atoms with E-state index in [4.69, 9.17) is 0 Å². The van der Waals surface area contributed by atoms with E-state index in [1.807, 2.05) is 48.5 Å². The Morgan fingerprint density at radius 1 is 0.943 bits per heavy atom. The van der Waals surface area contributed by atoms with Crippen LogP contribution >= 0.6 is 0 Å². The number of carbonyl (C=O) groups excluding carboxylic acids is 1. The van der Waals surface area contributed by atoms with Crippen LogP contribution in [0.2, 0.25) is 0 Å². The summed E-state index contributed by atoms with van der Waals surface area (Å²) in [4.78, 5) is 13.0. The number of fused-ring (bicyclic) bond motifs is 1. The lowest BCUT2D eigenvalue weighted by Gasteiger charge is -2.11. The molecule has 4 aromatic carbocycles. The topological polar surface area (TPSA) is 116 Å². The second kappa shape index (κ2) is 9.29. The molecule has 5 rings (SSSR count). The Balaban J connectivity index is 1.61. The van der Waals surface area contributed by atoms with Crippen LogP contribution in [0.5, 0.6) is 5.75 Å². The number of phenols is 1. The molecule has 5 aromatic rings. The van der Waals surface area contributed by atoms with Gasteiger partial charge in [0.05, 0.1) is 17.4 Å². The first-order valence-corrected chi connectivity index (χ1v) is 10.7. The van der Waals surface area contributed by atoms with Gasteiger partial charge < -0.3 is 10.4 Å². The van der Waals surface area contributed by atoms with Crippen LogP contribution in [0, 0.1) is 11.3 Å². The van der Waals surface area contributed by atoms with Crippen molar-refractivity contribution in [2.45, 2.75) is 0 Å². The Morgan fingerprint density at radius 3 is 2.37 bits per heavy atom. The molecule has 168 valence electrons. The third-order valence-corrected chi connectivity index (χ3v) is 5.38. The number of phenolic OH excluding ortho intramolecular Hbond substituents is 1. The third-order valence-electron chi connectivity index (χ3n) is 5.38. The average molecular weight is 458 g/mol. The molecule has 0 unspecified atom stereocenters. The fraction of sp³-hybridized carbons (Fsp3) is 0. The van der Waals surface area contributed by atoms with Crippen molar-refractivity contribution in [2.75, 3.05) is 5.32 Å². The molecule has 0 saturated carbocycles. The smallest absolute Gasteiger partial charge is 0.259 e. The molecule has 0 spiro atoms. The zero-order chi connectivity index (χ0) is 24.2. The van der Waals surface area contributed by atoms with E-state index in [0.717, 1.165) is 0 Å². The number of aromatic hydroxyl groups is 1. The van der Waals surface area contributed by atoms with Crippen molar-refractivity contribution in [1.29, 1.82) is 5.26 Å². The van der Waals surface area contributed by atoms with Crippen molar-refractivity contribution in [3.63, 3.8) is 0 Å². The highest BCUT2D eigenvalue weighted by molar-refractivity contribution is 6.11. The van der Waals surface area contributed by atoms with Crippen LogP contribution < -0.4 is 5.32 Å². The van der Waals surface area contributed by atoms with E-state index in [1.54, 1.807) is 42.5 Å². The zero-order valence-corrected chi connectivity index (χ0v) is 18.3. The molecule has 8 heteroatoms.